The predicted molar refractivity (Wildman–Crippen MR) is 140 cm³/mol. The minimum Gasteiger partial charge on any atom is -0.493 e. The fourth-order valence-electron chi connectivity index (χ4n) is 3.64. The van der Waals surface area contributed by atoms with Crippen LogP contribution < -0.4 is 10.1 Å². The van der Waals surface area contributed by atoms with E-state index in [1.807, 2.05) is 24.3 Å². The predicted octanol–water partition coefficient (Wildman–Crippen LogP) is 8.33. The van der Waals surface area contributed by atoms with Gasteiger partial charge < -0.3 is 10.1 Å². The number of rotatable bonds is 11. The summed E-state index contributed by atoms with van der Waals surface area (Å²) in [6, 6.07) is 12.5. The number of allylic oxidation sites excluding steroid dienone is 2. The largest absolute Gasteiger partial charge is 0.493 e. The third kappa shape index (κ3) is 6.30. The summed E-state index contributed by atoms with van der Waals surface area (Å²) in [6.07, 6.45) is 10.9. The Morgan fingerprint density at radius 3 is 2.59 bits per heavy atom. The number of unbranched alkanes of at least 4 members (excludes halogenated alkanes) is 1. The van der Waals surface area contributed by atoms with E-state index >= 15 is 0 Å². The standard InChI is InChI=1S/C30H39NO/c1-9-13-17-32-29-20-27(22(6)11-3)28(18-23(29)7)30(24(8)21(5)10-2)31-26-16-14-15-25(12-4)19-26/h4,10,14-16,18-22,31H,2,9,11,13,17H2,1,3,5-8H3. The first kappa shape index (κ1) is 25.3. The molecule has 0 radical (unpaired) electrons. The van der Waals surface area contributed by atoms with Crippen LogP contribution >= 0.6 is 0 Å². The lowest BCUT2D eigenvalue weighted by Gasteiger charge is -2.25. The number of aryl methyl sites for hydroxylation is 1. The van der Waals surface area contributed by atoms with Gasteiger partial charge in [0.2, 0.25) is 0 Å². The smallest absolute Gasteiger partial charge is 0.122 e. The Morgan fingerprint density at radius 1 is 1.22 bits per heavy atom. The molecule has 0 aliphatic rings. The van der Waals surface area contributed by atoms with Gasteiger partial charge in [-0.25, -0.2) is 0 Å². The summed E-state index contributed by atoms with van der Waals surface area (Å²) < 4.78 is 6.15. The van der Waals surface area contributed by atoms with E-state index in [0.717, 1.165) is 54.1 Å². The van der Waals surface area contributed by atoms with E-state index in [1.54, 1.807) is 0 Å². The monoisotopic (exact) mass is 429 g/mol. The molecule has 2 heteroatoms. The Hall–Kier alpha value is -2.92. The number of nitrogens with one attached hydrogen (secondary N) is 1. The molecule has 2 aromatic rings. The number of hydrogen-bond acceptors (Lipinski definition) is 2. The van der Waals surface area contributed by atoms with Crippen molar-refractivity contribution >= 4 is 11.4 Å². The average Bonchev–Trinajstić information content (AvgIpc) is 2.82. The first-order valence-corrected chi connectivity index (χ1v) is 11.8. The molecule has 0 aliphatic carbocycles. The number of benzene rings is 2. The molecule has 2 aromatic carbocycles. The van der Waals surface area contributed by atoms with Gasteiger partial charge in [0.05, 0.1) is 6.61 Å². The van der Waals surface area contributed by atoms with E-state index in [-0.39, 0.29) is 5.92 Å². The van der Waals surface area contributed by atoms with E-state index in [0.29, 0.717) is 5.92 Å². The number of ether oxygens (including phenoxy) is 1. The van der Waals surface area contributed by atoms with Gasteiger partial charge in [-0.1, -0.05) is 52.2 Å². The van der Waals surface area contributed by atoms with Gasteiger partial charge in [-0.3, -0.25) is 0 Å². The van der Waals surface area contributed by atoms with Crippen LogP contribution in [0.25, 0.3) is 5.70 Å². The molecule has 0 saturated carbocycles. The molecule has 0 amide bonds. The van der Waals surface area contributed by atoms with Gasteiger partial charge in [-0.2, -0.15) is 0 Å². The second-order valence-corrected chi connectivity index (χ2v) is 8.65. The van der Waals surface area contributed by atoms with E-state index in [9.17, 15) is 0 Å². The summed E-state index contributed by atoms with van der Waals surface area (Å²) in [7, 11) is 0. The van der Waals surface area contributed by atoms with Crippen molar-refractivity contribution in [3.05, 3.63) is 76.9 Å². The summed E-state index contributed by atoms with van der Waals surface area (Å²) >= 11 is 0. The molecular formula is C30H39NO. The molecule has 0 heterocycles. The van der Waals surface area contributed by atoms with Crippen LogP contribution in [-0.4, -0.2) is 6.61 Å². The van der Waals surface area contributed by atoms with Gasteiger partial charge in [0.1, 0.15) is 5.75 Å². The lowest BCUT2D eigenvalue weighted by atomic mass is 9.87. The van der Waals surface area contributed by atoms with Crippen molar-refractivity contribution in [2.45, 2.75) is 66.7 Å². The van der Waals surface area contributed by atoms with Crippen LogP contribution in [0.5, 0.6) is 5.75 Å². The number of terminal acetylenes is 1. The molecule has 0 saturated heterocycles. The maximum atomic E-state index is 6.15. The first-order valence-electron chi connectivity index (χ1n) is 11.8. The quantitative estimate of drug-likeness (QED) is 0.220. The SMILES string of the molecule is C#Cc1cccc(NC(=C(C)C(C)C=C)c2cc(C)c(OCCCC)cc2C(C)CC)c1. The zero-order valence-corrected chi connectivity index (χ0v) is 20.7. The highest BCUT2D eigenvalue weighted by Gasteiger charge is 2.19. The lowest BCUT2D eigenvalue weighted by molar-refractivity contribution is 0.307. The molecule has 170 valence electrons. The Kier molecular flexibility index (Phi) is 9.66. The fourth-order valence-corrected chi connectivity index (χ4v) is 3.64. The van der Waals surface area contributed by atoms with Crippen molar-refractivity contribution in [2.24, 2.45) is 5.92 Å². The van der Waals surface area contributed by atoms with Crippen LogP contribution in [0.4, 0.5) is 5.69 Å². The molecule has 2 atom stereocenters. The zero-order chi connectivity index (χ0) is 23.7. The van der Waals surface area contributed by atoms with Gasteiger partial charge in [0.25, 0.3) is 0 Å². The average molecular weight is 430 g/mol. The third-order valence-electron chi connectivity index (χ3n) is 6.24. The third-order valence-corrected chi connectivity index (χ3v) is 6.24. The molecule has 0 bridgehead atoms. The molecule has 0 spiro atoms. The van der Waals surface area contributed by atoms with Crippen LogP contribution in [-0.2, 0) is 0 Å². The van der Waals surface area contributed by atoms with E-state index in [1.165, 1.54) is 16.7 Å². The second-order valence-electron chi connectivity index (χ2n) is 8.65. The summed E-state index contributed by atoms with van der Waals surface area (Å²) in [5.41, 5.74) is 7.88. The molecule has 0 aromatic heterocycles. The van der Waals surface area contributed by atoms with Gasteiger partial charge in [0, 0.05) is 22.5 Å². The van der Waals surface area contributed by atoms with Crippen LogP contribution in [0.15, 0.2) is 54.6 Å². The Labute approximate surface area is 195 Å². The van der Waals surface area contributed by atoms with Crippen LogP contribution in [0.1, 0.15) is 82.1 Å². The molecule has 2 unspecified atom stereocenters. The summed E-state index contributed by atoms with van der Waals surface area (Å²) in [4.78, 5) is 0. The lowest BCUT2D eigenvalue weighted by Crippen LogP contribution is -2.11. The number of hydrogen-bond donors (Lipinski definition) is 1. The molecule has 0 fully saturated rings. The molecule has 0 aliphatic heterocycles. The minimum absolute atomic E-state index is 0.235. The van der Waals surface area contributed by atoms with E-state index in [4.69, 9.17) is 11.2 Å². The van der Waals surface area contributed by atoms with Crippen molar-refractivity contribution in [3.63, 3.8) is 0 Å². The van der Waals surface area contributed by atoms with E-state index < -0.39 is 0 Å². The minimum atomic E-state index is 0.235. The Balaban J connectivity index is 2.66. The van der Waals surface area contributed by atoms with Crippen molar-refractivity contribution in [3.8, 4) is 18.1 Å². The molecule has 2 nitrogen and oxygen atoms in total. The van der Waals surface area contributed by atoms with Crippen LogP contribution in [0, 0.1) is 25.2 Å². The maximum Gasteiger partial charge on any atom is 0.122 e. The van der Waals surface area contributed by atoms with Crippen LogP contribution in [0.2, 0.25) is 0 Å². The number of anilines is 1. The van der Waals surface area contributed by atoms with Gasteiger partial charge in [-0.15, -0.1) is 13.0 Å². The van der Waals surface area contributed by atoms with Gasteiger partial charge >= 0.3 is 0 Å². The van der Waals surface area contributed by atoms with Crippen molar-refractivity contribution in [1.82, 2.24) is 0 Å². The Morgan fingerprint density at radius 2 is 1.97 bits per heavy atom. The van der Waals surface area contributed by atoms with E-state index in [2.05, 4.69) is 77.6 Å². The Bertz CT molecular complexity index is 992. The zero-order valence-electron chi connectivity index (χ0n) is 20.7. The maximum absolute atomic E-state index is 6.15. The normalized spacial score (nSPS) is 13.5. The van der Waals surface area contributed by atoms with Crippen molar-refractivity contribution < 1.29 is 4.74 Å². The highest BCUT2D eigenvalue weighted by molar-refractivity contribution is 5.82. The highest BCUT2D eigenvalue weighted by Crippen LogP contribution is 2.37. The highest BCUT2D eigenvalue weighted by atomic mass is 16.5. The summed E-state index contributed by atoms with van der Waals surface area (Å²) in [5, 5.41) is 3.70. The van der Waals surface area contributed by atoms with Gasteiger partial charge in [0.15, 0.2) is 0 Å². The molecule has 1 N–H and O–H groups in total. The summed E-state index contributed by atoms with van der Waals surface area (Å²) in [5.74, 6) is 4.36. The molecular weight excluding hydrogens is 390 g/mol. The topological polar surface area (TPSA) is 21.3 Å². The van der Waals surface area contributed by atoms with Crippen LogP contribution in [0.3, 0.4) is 0 Å². The van der Waals surface area contributed by atoms with Crippen molar-refractivity contribution in [1.29, 1.82) is 0 Å². The fraction of sp³-hybridized carbons (Fsp3) is 0.400. The van der Waals surface area contributed by atoms with Gasteiger partial charge in [-0.05, 0) is 85.6 Å². The van der Waals surface area contributed by atoms with Crippen molar-refractivity contribution in [2.75, 3.05) is 11.9 Å². The first-order chi connectivity index (χ1) is 15.4. The molecule has 2 rings (SSSR count). The molecule has 32 heavy (non-hydrogen) atoms. The second kappa shape index (κ2) is 12.2. The summed E-state index contributed by atoms with van der Waals surface area (Å²) in [6.45, 7) is 18.0.